The molecule has 2 heterocycles. The smallest absolute Gasteiger partial charge is 0.240 e. The summed E-state index contributed by atoms with van der Waals surface area (Å²) >= 11 is 1.38. The molecule has 1 saturated heterocycles. The Bertz CT molecular complexity index is 818. The molecule has 2 aromatic rings. The number of aromatic nitrogens is 2. The van der Waals surface area contributed by atoms with E-state index in [1.807, 2.05) is 16.8 Å². The lowest BCUT2D eigenvalue weighted by molar-refractivity contribution is -0.138. The van der Waals surface area contributed by atoms with Crippen LogP contribution in [0.15, 0.2) is 35.7 Å². The van der Waals surface area contributed by atoms with Gasteiger partial charge in [-0.1, -0.05) is 17.8 Å². The summed E-state index contributed by atoms with van der Waals surface area (Å²) in [6, 6.07) is 5.76. The summed E-state index contributed by atoms with van der Waals surface area (Å²) in [7, 11) is 0. The standard InChI is InChI=1S/C19H24N4O2S/c1-13-6-7-15(11-14(13)2)22-10-8-21-19(22)26-12-17(24)23-9-4-3-5-16(23)18(20)25/h6-8,10-11,16H,3-5,9,12H2,1-2H3,(H2,20,25). The van der Waals surface area contributed by atoms with Crippen molar-refractivity contribution in [3.8, 4) is 5.69 Å². The van der Waals surface area contributed by atoms with Gasteiger partial charge in [-0.3, -0.25) is 14.2 Å². The molecule has 1 aliphatic rings. The SMILES string of the molecule is Cc1ccc(-n2ccnc2SCC(=O)N2CCCCC2C(N)=O)cc1C. The number of carbonyl (C=O) groups is 2. The zero-order chi connectivity index (χ0) is 18.7. The number of nitrogens with two attached hydrogens (primary N) is 1. The zero-order valence-electron chi connectivity index (χ0n) is 15.1. The van der Waals surface area contributed by atoms with Crippen molar-refractivity contribution in [2.75, 3.05) is 12.3 Å². The fourth-order valence-electron chi connectivity index (χ4n) is 3.20. The molecule has 3 rings (SSSR count). The van der Waals surface area contributed by atoms with E-state index in [2.05, 4.69) is 31.0 Å². The second kappa shape index (κ2) is 7.95. The van der Waals surface area contributed by atoms with E-state index in [0.717, 1.165) is 23.7 Å². The minimum absolute atomic E-state index is 0.0619. The first-order valence-electron chi connectivity index (χ1n) is 8.80. The van der Waals surface area contributed by atoms with E-state index in [0.29, 0.717) is 13.0 Å². The van der Waals surface area contributed by atoms with Crippen molar-refractivity contribution in [3.05, 3.63) is 41.7 Å². The van der Waals surface area contributed by atoms with Gasteiger partial charge in [0.15, 0.2) is 5.16 Å². The van der Waals surface area contributed by atoms with Crippen molar-refractivity contribution in [2.24, 2.45) is 5.73 Å². The molecule has 1 fully saturated rings. The Labute approximate surface area is 157 Å². The van der Waals surface area contributed by atoms with E-state index in [4.69, 9.17) is 5.73 Å². The molecule has 0 aliphatic carbocycles. The highest BCUT2D eigenvalue weighted by Gasteiger charge is 2.30. The molecule has 1 atom stereocenters. The quantitative estimate of drug-likeness (QED) is 0.818. The lowest BCUT2D eigenvalue weighted by Gasteiger charge is -2.33. The van der Waals surface area contributed by atoms with E-state index < -0.39 is 11.9 Å². The van der Waals surface area contributed by atoms with E-state index >= 15 is 0 Å². The molecule has 26 heavy (non-hydrogen) atoms. The predicted molar refractivity (Wildman–Crippen MR) is 102 cm³/mol. The van der Waals surface area contributed by atoms with Crippen molar-refractivity contribution in [1.29, 1.82) is 0 Å². The van der Waals surface area contributed by atoms with Gasteiger partial charge in [0, 0.05) is 24.6 Å². The molecule has 6 nitrogen and oxygen atoms in total. The third kappa shape index (κ3) is 3.93. The predicted octanol–water partition coefficient (Wildman–Crippen LogP) is 2.45. The molecule has 1 aliphatic heterocycles. The van der Waals surface area contributed by atoms with Gasteiger partial charge in [-0.2, -0.15) is 0 Å². The first-order chi connectivity index (χ1) is 12.5. The Morgan fingerprint density at radius 2 is 2.08 bits per heavy atom. The van der Waals surface area contributed by atoms with Gasteiger partial charge in [0.25, 0.3) is 0 Å². The van der Waals surface area contributed by atoms with E-state index in [9.17, 15) is 9.59 Å². The van der Waals surface area contributed by atoms with Crippen LogP contribution >= 0.6 is 11.8 Å². The van der Waals surface area contributed by atoms with Crippen molar-refractivity contribution in [1.82, 2.24) is 14.5 Å². The van der Waals surface area contributed by atoms with Crippen LogP contribution in [-0.4, -0.2) is 44.6 Å². The summed E-state index contributed by atoms with van der Waals surface area (Å²) in [5.74, 6) is -0.237. The summed E-state index contributed by atoms with van der Waals surface area (Å²) in [6.45, 7) is 4.75. The number of hydrogen-bond donors (Lipinski definition) is 1. The molecule has 7 heteroatoms. The van der Waals surface area contributed by atoms with Crippen LogP contribution in [0.2, 0.25) is 0 Å². The largest absolute Gasteiger partial charge is 0.368 e. The van der Waals surface area contributed by atoms with Gasteiger partial charge < -0.3 is 10.6 Å². The van der Waals surface area contributed by atoms with E-state index in [1.54, 1.807) is 11.1 Å². The summed E-state index contributed by atoms with van der Waals surface area (Å²) < 4.78 is 1.98. The van der Waals surface area contributed by atoms with E-state index in [1.165, 1.54) is 22.9 Å². The number of likely N-dealkylation sites (tertiary alicyclic amines) is 1. The van der Waals surface area contributed by atoms with Gasteiger partial charge in [0.05, 0.1) is 5.75 Å². The van der Waals surface area contributed by atoms with Crippen molar-refractivity contribution in [3.63, 3.8) is 0 Å². The number of hydrogen-bond acceptors (Lipinski definition) is 4. The Kier molecular flexibility index (Phi) is 5.66. The van der Waals surface area contributed by atoms with E-state index in [-0.39, 0.29) is 11.7 Å². The minimum Gasteiger partial charge on any atom is -0.368 e. The second-order valence-electron chi connectivity index (χ2n) is 6.64. The lowest BCUT2D eigenvalue weighted by atomic mass is 10.0. The van der Waals surface area contributed by atoms with Gasteiger partial charge in [0.2, 0.25) is 11.8 Å². The number of benzene rings is 1. The first kappa shape index (κ1) is 18.5. The van der Waals surface area contributed by atoms with Crippen LogP contribution in [0.3, 0.4) is 0 Å². The number of imidazole rings is 1. The maximum absolute atomic E-state index is 12.6. The van der Waals surface area contributed by atoms with Gasteiger partial charge in [-0.15, -0.1) is 0 Å². The average Bonchev–Trinajstić information content (AvgIpc) is 3.10. The number of piperidine rings is 1. The number of aryl methyl sites for hydroxylation is 2. The van der Waals surface area contributed by atoms with Gasteiger partial charge >= 0.3 is 0 Å². The Morgan fingerprint density at radius 3 is 2.81 bits per heavy atom. The molecule has 0 radical (unpaired) electrons. The molecule has 1 aromatic heterocycles. The fourth-order valence-corrected chi connectivity index (χ4v) is 4.06. The van der Waals surface area contributed by atoms with Gasteiger partial charge in [-0.05, 0) is 56.4 Å². The number of thioether (sulfide) groups is 1. The van der Waals surface area contributed by atoms with Gasteiger partial charge in [-0.25, -0.2) is 4.98 Å². The van der Waals surface area contributed by atoms with Crippen LogP contribution in [0.4, 0.5) is 0 Å². The number of primary amides is 1. The summed E-state index contributed by atoms with van der Waals surface area (Å²) in [4.78, 5) is 30.2. The van der Waals surface area contributed by atoms with Crippen LogP contribution in [0.5, 0.6) is 0 Å². The molecule has 2 amide bonds. The molecular weight excluding hydrogens is 348 g/mol. The van der Waals surface area contributed by atoms with Crippen molar-refractivity contribution in [2.45, 2.75) is 44.3 Å². The molecule has 0 saturated carbocycles. The number of amides is 2. The molecular formula is C19H24N4O2S. The fraction of sp³-hybridized carbons (Fsp3) is 0.421. The normalized spacial score (nSPS) is 17.3. The lowest BCUT2D eigenvalue weighted by Crippen LogP contribution is -2.51. The van der Waals surface area contributed by atoms with Crippen molar-refractivity contribution >= 4 is 23.6 Å². The summed E-state index contributed by atoms with van der Waals surface area (Å²) in [5.41, 5.74) is 8.92. The van der Waals surface area contributed by atoms with Crippen molar-refractivity contribution < 1.29 is 9.59 Å². The maximum atomic E-state index is 12.6. The summed E-state index contributed by atoms with van der Waals surface area (Å²) in [5, 5.41) is 0.759. The molecule has 0 bridgehead atoms. The van der Waals surface area contributed by atoms with Crippen LogP contribution in [0, 0.1) is 13.8 Å². The molecule has 1 unspecified atom stereocenters. The zero-order valence-corrected chi connectivity index (χ0v) is 16.0. The first-order valence-corrected chi connectivity index (χ1v) is 9.78. The van der Waals surface area contributed by atoms with Gasteiger partial charge in [0.1, 0.15) is 6.04 Å². The topological polar surface area (TPSA) is 81.2 Å². The number of nitrogens with zero attached hydrogens (tertiary/aromatic N) is 3. The average molecular weight is 372 g/mol. The monoisotopic (exact) mass is 372 g/mol. The van der Waals surface area contributed by atoms with Crippen LogP contribution in [0.1, 0.15) is 30.4 Å². The minimum atomic E-state index is -0.476. The molecule has 138 valence electrons. The Balaban J connectivity index is 1.70. The Hall–Kier alpha value is -2.28. The van der Waals surface area contributed by atoms with Crippen LogP contribution in [-0.2, 0) is 9.59 Å². The molecule has 0 spiro atoms. The highest BCUT2D eigenvalue weighted by Crippen LogP contribution is 2.24. The van der Waals surface area contributed by atoms with Crippen LogP contribution < -0.4 is 5.73 Å². The third-order valence-corrected chi connectivity index (χ3v) is 5.80. The maximum Gasteiger partial charge on any atom is 0.240 e. The highest BCUT2D eigenvalue weighted by atomic mass is 32.2. The number of rotatable bonds is 5. The van der Waals surface area contributed by atoms with Crippen LogP contribution in [0.25, 0.3) is 5.69 Å². The summed E-state index contributed by atoms with van der Waals surface area (Å²) in [6.07, 6.45) is 6.13. The Morgan fingerprint density at radius 1 is 1.27 bits per heavy atom. The molecule has 2 N–H and O–H groups in total. The second-order valence-corrected chi connectivity index (χ2v) is 7.58. The molecule has 1 aromatic carbocycles. The number of carbonyl (C=O) groups excluding carboxylic acids is 2. The third-order valence-electron chi connectivity index (χ3n) is 4.85. The highest BCUT2D eigenvalue weighted by molar-refractivity contribution is 7.99.